The molecule has 8 nitrogen and oxygen atoms in total. The van der Waals surface area contributed by atoms with Crippen molar-refractivity contribution in [3.63, 3.8) is 0 Å². The summed E-state index contributed by atoms with van der Waals surface area (Å²) in [6, 6.07) is 23.6. The van der Waals surface area contributed by atoms with E-state index in [1.54, 1.807) is 36.1 Å². The van der Waals surface area contributed by atoms with Gasteiger partial charge in [-0.1, -0.05) is 29.8 Å². The molecule has 0 saturated heterocycles. The van der Waals surface area contributed by atoms with Crippen LogP contribution in [0.4, 0.5) is 0 Å². The second kappa shape index (κ2) is 11.1. The standard InChI is InChI=1S/C26H22ClN5O3/c1-35-23-13-9-18(10-14-23)25-20(17-32(31-25)22-5-3-2-4-6-22)15-29-30-24(33)16-28-26(34)19-7-11-21(27)12-8-19/h2-15,17H,16H2,1H3,(H,28,34)(H,30,33)/b29-15+. The molecule has 0 fully saturated rings. The summed E-state index contributed by atoms with van der Waals surface area (Å²) >= 11 is 5.83. The zero-order valence-corrected chi connectivity index (χ0v) is 19.6. The lowest BCUT2D eigenvalue weighted by molar-refractivity contribution is -0.120. The number of nitrogens with one attached hydrogen (secondary N) is 2. The van der Waals surface area contributed by atoms with E-state index in [2.05, 4.69) is 15.8 Å². The van der Waals surface area contributed by atoms with E-state index in [4.69, 9.17) is 21.4 Å². The third-order valence-corrected chi connectivity index (χ3v) is 5.29. The van der Waals surface area contributed by atoms with Gasteiger partial charge in [0, 0.05) is 27.9 Å². The number of hydrogen-bond donors (Lipinski definition) is 2. The van der Waals surface area contributed by atoms with Crippen molar-refractivity contribution >= 4 is 29.6 Å². The topological polar surface area (TPSA) is 97.6 Å². The highest BCUT2D eigenvalue weighted by atomic mass is 35.5. The number of ether oxygens (including phenoxy) is 1. The molecule has 2 amide bonds. The number of rotatable bonds is 8. The quantitative estimate of drug-likeness (QED) is 0.289. The molecule has 1 heterocycles. The fraction of sp³-hybridized carbons (Fsp3) is 0.0769. The van der Waals surface area contributed by atoms with Crippen molar-refractivity contribution in [1.29, 1.82) is 0 Å². The molecule has 0 saturated carbocycles. The molecule has 0 unspecified atom stereocenters. The van der Waals surface area contributed by atoms with Gasteiger partial charge in [0.2, 0.25) is 0 Å². The van der Waals surface area contributed by atoms with Crippen LogP contribution >= 0.6 is 11.6 Å². The maximum Gasteiger partial charge on any atom is 0.259 e. The maximum atomic E-state index is 12.2. The van der Waals surface area contributed by atoms with Crippen LogP contribution in [0.25, 0.3) is 16.9 Å². The van der Waals surface area contributed by atoms with Gasteiger partial charge in [0.05, 0.1) is 25.6 Å². The van der Waals surface area contributed by atoms with Crippen LogP contribution in [0.2, 0.25) is 5.02 Å². The summed E-state index contributed by atoms with van der Waals surface area (Å²) in [5.41, 5.74) is 5.97. The Balaban J connectivity index is 1.46. The van der Waals surface area contributed by atoms with Crippen molar-refractivity contribution < 1.29 is 14.3 Å². The van der Waals surface area contributed by atoms with Gasteiger partial charge < -0.3 is 10.1 Å². The van der Waals surface area contributed by atoms with Gasteiger partial charge in [-0.05, 0) is 60.7 Å². The van der Waals surface area contributed by atoms with E-state index in [9.17, 15) is 9.59 Å². The first-order chi connectivity index (χ1) is 17.0. The summed E-state index contributed by atoms with van der Waals surface area (Å²) in [6.07, 6.45) is 3.35. The lowest BCUT2D eigenvalue weighted by Gasteiger charge is -2.04. The molecule has 0 atom stereocenters. The minimum atomic E-state index is -0.468. The van der Waals surface area contributed by atoms with Gasteiger partial charge >= 0.3 is 0 Å². The molecule has 0 radical (unpaired) electrons. The molecule has 1 aromatic heterocycles. The number of methoxy groups -OCH3 is 1. The molecule has 9 heteroatoms. The normalized spacial score (nSPS) is 10.8. The van der Waals surface area contributed by atoms with Crippen LogP contribution in [0.1, 0.15) is 15.9 Å². The van der Waals surface area contributed by atoms with Gasteiger partial charge in [-0.2, -0.15) is 10.2 Å². The van der Waals surface area contributed by atoms with E-state index in [1.807, 2.05) is 60.8 Å². The molecule has 176 valence electrons. The Morgan fingerprint density at radius 1 is 1.03 bits per heavy atom. The first kappa shape index (κ1) is 23.7. The van der Waals surface area contributed by atoms with Crippen LogP contribution in [0.3, 0.4) is 0 Å². The van der Waals surface area contributed by atoms with E-state index in [1.165, 1.54) is 6.21 Å². The summed E-state index contributed by atoms with van der Waals surface area (Å²) < 4.78 is 6.98. The van der Waals surface area contributed by atoms with Crippen LogP contribution < -0.4 is 15.5 Å². The molecule has 0 bridgehead atoms. The Hall–Kier alpha value is -4.43. The number of hydrogen-bond acceptors (Lipinski definition) is 5. The van der Waals surface area contributed by atoms with Gasteiger partial charge in [0.25, 0.3) is 11.8 Å². The summed E-state index contributed by atoms with van der Waals surface area (Å²) in [6.45, 7) is -0.229. The van der Waals surface area contributed by atoms with Crippen molar-refractivity contribution in [2.24, 2.45) is 5.10 Å². The van der Waals surface area contributed by atoms with Crippen LogP contribution in [-0.4, -0.2) is 41.5 Å². The van der Waals surface area contributed by atoms with Crippen LogP contribution in [0, 0.1) is 0 Å². The molecule has 4 rings (SSSR count). The van der Waals surface area contributed by atoms with E-state index in [0.717, 1.165) is 17.0 Å². The van der Waals surface area contributed by atoms with E-state index in [-0.39, 0.29) is 12.5 Å². The summed E-state index contributed by atoms with van der Waals surface area (Å²) in [5, 5.41) is 11.8. The first-order valence-corrected chi connectivity index (χ1v) is 11.1. The van der Waals surface area contributed by atoms with Crippen LogP contribution in [0.15, 0.2) is 90.2 Å². The fourth-order valence-corrected chi connectivity index (χ4v) is 3.37. The Morgan fingerprint density at radius 3 is 2.43 bits per heavy atom. The van der Waals surface area contributed by atoms with Crippen molar-refractivity contribution in [2.45, 2.75) is 0 Å². The number of carbonyl (C=O) groups excluding carboxylic acids is 2. The van der Waals surface area contributed by atoms with E-state index in [0.29, 0.717) is 21.8 Å². The molecule has 3 aromatic carbocycles. The highest BCUT2D eigenvalue weighted by Gasteiger charge is 2.12. The second-order valence-electron chi connectivity index (χ2n) is 7.42. The Kier molecular flexibility index (Phi) is 7.54. The molecule has 0 aliphatic carbocycles. The lowest BCUT2D eigenvalue weighted by atomic mass is 10.1. The average molecular weight is 488 g/mol. The third-order valence-electron chi connectivity index (χ3n) is 5.04. The second-order valence-corrected chi connectivity index (χ2v) is 7.86. The first-order valence-electron chi connectivity index (χ1n) is 10.7. The molecular weight excluding hydrogens is 466 g/mol. The summed E-state index contributed by atoms with van der Waals surface area (Å²) in [5.74, 6) is -0.115. The fourth-order valence-electron chi connectivity index (χ4n) is 3.25. The molecular formula is C26H22ClN5O3. The minimum absolute atomic E-state index is 0.229. The SMILES string of the molecule is COc1ccc(-c2nn(-c3ccccc3)cc2/C=N/NC(=O)CNC(=O)c2ccc(Cl)cc2)cc1. The third kappa shape index (κ3) is 6.13. The van der Waals surface area contributed by atoms with E-state index < -0.39 is 5.91 Å². The number of nitrogens with zero attached hydrogens (tertiary/aromatic N) is 3. The highest BCUT2D eigenvalue weighted by molar-refractivity contribution is 6.30. The van der Waals surface area contributed by atoms with Crippen molar-refractivity contribution in [2.75, 3.05) is 13.7 Å². The van der Waals surface area contributed by atoms with Gasteiger partial charge in [0.1, 0.15) is 11.4 Å². The maximum absolute atomic E-state index is 12.2. The zero-order valence-electron chi connectivity index (χ0n) is 18.8. The number of hydrazone groups is 1. The number of benzene rings is 3. The predicted molar refractivity (Wildman–Crippen MR) is 135 cm³/mol. The molecule has 0 spiro atoms. The van der Waals surface area contributed by atoms with E-state index >= 15 is 0 Å². The lowest BCUT2D eigenvalue weighted by Crippen LogP contribution is -2.34. The molecule has 0 aliphatic rings. The number of halogens is 1. The Bertz CT molecular complexity index is 1330. The Morgan fingerprint density at radius 2 is 1.74 bits per heavy atom. The van der Waals surface area contributed by atoms with Crippen LogP contribution in [-0.2, 0) is 4.79 Å². The van der Waals surface area contributed by atoms with Gasteiger partial charge in [-0.15, -0.1) is 0 Å². The average Bonchev–Trinajstić information content (AvgIpc) is 3.32. The molecule has 4 aromatic rings. The minimum Gasteiger partial charge on any atom is -0.497 e. The number of aromatic nitrogens is 2. The summed E-state index contributed by atoms with van der Waals surface area (Å²) in [7, 11) is 1.61. The van der Waals surface area contributed by atoms with Crippen LogP contribution in [0.5, 0.6) is 5.75 Å². The van der Waals surface area contributed by atoms with Gasteiger partial charge in [-0.3, -0.25) is 9.59 Å². The van der Waals surface area contributed by atoms with Gasteiger partial charge in [0.15, 0.2) is 0 Å². The van der Waals surface area contributed by atoms with Crippen molar-refractivity contribution in [3.8, 4) is 22.7 Å². The number of amides is 2. The molecule has 35 heavy (non-hydrogen) atoms. The highest BCUT2D eigenvalue weighted by Crippen LogP contribution is 2.25. The van der Waals surface area contributed by atoms with Gasteiger partial charge in [-0.25, -0.2) is 10.1 Å². The summed E-state index contributed by atoms with van der Waals surface area (Å²) in [4.78, 5) is 24.3. The molecule has 2 N–H and O–H groups in total. The Labute approximate surface area is 207 Å². The van der Waals surface area contributed by atoms with Crippen molar-refractivity contribution in [3.05, 3.63) is 101 Å². The zero-order chi connectivity index (χ0) is 24.6. The number of carbonyl (C=O) groups is 2. The monoisotopic (exact) mass is 487 g/mol. The largest absolute Gasteiger partial charge is 0.497 e. The number of para-hydroxylation sites is 1. The smallest absolute Gasteiger partial charge is 0.259 e. The molecule has 0 aliphatic heterocycles. The predicted octanol–water partition coefficient (Wildman–Crippen LogP) is 4.08. The van der Waals surface area contributed by atoms with Crippen molar-refractivity contribution in [1.82, 2.24) is 20.5 Å².